The van der Waals surface area contributed by atoms with Gasteiger partial charge in [-0.1, -0.05) is 49.2 Å². The molecule has 1 fully saturated rings. The SMILES string of the molecule is CCCCOc1ccc([C@H](C)NC(=O)CN2CCN(Cc3ccc(Cl)cc3)C2=O)cc1. The topological polar surface area (TPSA) is 61.9 Å². The molecule has 2 aromatic rings. The van der Waals surface area contributed by atoms with Crippen LogP contribution in [0.1, 0.15) is 43.9 Å². The monoisotopic (exact) mass is 443 g/mol. The van der Waals surface area contributed by atoms with Crippen LogP contribution >= 0.6 is 11.6 Å². The molecule has 2 aromatic carbocycles. The van der Waals surface area contributed by atoms with Crippen molar-refractivity contribution < 1.29 is 14.3 Å². The molecular formula is C24H30ClN3O3. The number of rotatable bonds is 10. The van der Waals surface area contributed by atoms with Crippen LogP contribution in [0, 0.1) is 0 Å². The second-order valence-corrected chi connectivity index (χ2v) is 8.25. The third-order valence-corrected chi connectivity index (χ3v) is 5.58. The van der Waals surface area contributed by atoms with E-state index in [4.69, 9.17) is 16.3 Å². The summed E-state index contributed by atoms with van der Waals surface area (Å²) < 4.78 is 5.68. The Morgan fingerprint density at radius 1 is 1.10 bits per heavy atom. The summed E-state index contributed by atoms with van der Waals surface area (Å²) in [4.78, 5) is 28.5. The average Bonchev–Trinajstić information content (AvgIpc) is 3.09. The van der Waals surface area contributed by atoms with Crippen LogP contribution in [0.25, 0.3) is 0 Å². The highest BCUT2D eigenvalue weighted by molar-refractivity contribution is 6.30. The van der Waals surface area contributed by atoms with Crippen molar-refractivity contribution in [2.24, 2.45) is 0 Å². The summed E-state index contributed by atoms with van der Waals surface area (Å²) >= 11 is 5.92. The molecule has 1 N–H and O–H groups in total. The number of nitrogens with one attached hydrogen (secondary N) is 1. The molecule has 1 heterocycles. The fourth-order valence-corrected chi connectivity index (χ4v) is 3.59. The molecule has 0 aliphatic carbocycles. The molecule has 0 saturated carbocycles. The Hall–Kier alpha value is -2.73. The smallest absolute Gasteiger partial charge is 0.320 e. The first kappa shape index (κ1) is 22.9. The van der Waals surface area contributed by atoms with E-state index >= 15 is 0 Å². The van der Waals surface area contributed by atoms with Gasteiger partial charge in [-0.3, -0.25) is 4.79 Å². The van der Waals surface area contributed by atoms with Crippen molar-refractivity contribution in [3.05, 3.63) is 64.7 Å². The van der Waals surface area contributed by atoms with Crippen molar-refractivity contribution in [1.82, 2.24) is 15.1 Å². The quantitative estimate of drug-likeness (QED) is 0.544. The fraction of sp³-hybridized carbons (Fsp3) is 0.417. The lowest BCUT2D eigenvalue weighted by Crippen LogP contribution is -2.40. The zero-order chi connectivity index (χ0) is 22.2. The van der Waals surface area contributed by atoms with Crippen LogP contribution in [0.4, 0.5) is 4.79 Å². The van der Waals surface area contributed by atoms with Gasteiger partial charge in [0, 0.05) is 24.7 Å². The molecule has 3 rings (SSSR count). The molecule has 1 aliphatic rings. The normalized spacial score (nSPS) is 14.6. The van der Waals surface area contributed by atoms with Crippen molar-refractivity contribution >= 4 is 23.5 Å². The molecule has 6 nitrogen and oxygen atoms in total. The molecule has 0 radical (unpaired) electrons. The first-order valence-electron chi connectivity index (χ1n) is 10.8. The van der Waals surface area contributed by atoms with Crippen molar-refractivity contribution in [3.63, 3.8) is 0 Å². The van der Waals surface area contributed by atoms with Crippen molar-refractivity contribution in [3.8, 4) is 5.75 Å². The zero-order valence-electron chi connectivity index (χ0n) is 18.1. The van der Waals surface area contributed by atoms with E-state index in [1.165, 1.54) is 0 Å². The van der Waals surface area contributed by atoms with Crippen LogP contribution in [-0.4, -0.2) is 48.0 Å². The fourth-order valence-electron chi connectivity index (χ4n) is 3.47. The molecule has 0 aromatic heterocycles. The number of carbonyl (C=O) groups excluding carboxylic acids is 2. The van der Waals surface area contributed by atoms with E-state index in [0.29, 0.717) is 31.3 Å². The number of urea groups is 1. The summed E-state index contributed by atoms with van der Waals surface area (Å²) in [6, 6.07) is 14.9. The van der Waals surface area contributed by atoms with Crippen molar-refractivity contribution in [2.45, 2.75) is 39.3 Å². The number of benzene rings is 2. The maximum Gasteiger partial charge on any atom is 0.320 e. The van der Waals surface area contributed by atoms with Gasteiger partial charge >= 0.3 is 6.03 Å². The summed E-state index contributed by atoms with van der Waals surface area (Å²) in [5, 5.41) is 3.65. The average molecular weight is 444 g/mol. The van der Waals surface area contributed by atoms with Crippen molar-refractivity contribution in [1.29, 1.82) is 0 Å². The largest absolute Gasteiger partial charge is 0.494 e. The van der Waals surface area contributed by atoms with Gasteiger partial charge in [-0.15, -0.1) is 0 Å². The van der Waals surface area contributed by atoms with Gasteiger partial charge in [-0.25, -0.2) is 4.79 Å². The van der Waals surface area contributed by atoms with E-state index in [9.17, 15) is 9.59 Å². The number of ether oxygens (including phenoxy) is 1. The molecule has 1 saturated heterocycles. The minimum atomic E-state index is -0.169. The number of amides is 3. The number of hydrogen-bond acceptors (Lipinski definition) is 3. The van der Waals surface area contributed by atoms with Crippen LogP contribution in [0.2, 0.25) is 5.02 Å². The van der Waals surface area contributed by atoms with Gasteiger partial charge in [0.2, 0.25) is 5.91 Å². The molecule has 0 spiro atoms. The Kier molecular flexibility index (Phi) is 8.18. The van der Waals surface area contributed by atoms with Gasteiger partial charge in [-0.2, -0.15) is 0 Å². The van der Waals surface area contributed by atoms with Gasteiger partial charge < -0.3 is 19.9 Å². The summed E-state index contributed by atoms with van der Waals surface area (Å²) in [5.41, 5.74) is 2.01. The van der Waals surface area contributed by atoms with Gasteiger partial charge in [0.25, 0.3) is 0 Å². The second kappa shape index (κ2) is 11.0. The summed E-state index contributed by atoms with van der Waals surface area (Å²) in [5.74, 6) is 0.664. The number of nitrogens with zero attached hydrogens (tertiary/aromatic N) is 2. The van der Waals surface area contributed by atoms with E-state index < -0.39 is 0 Å². The van der Waals surface area contributed by atoms with E-state index in [2.05, 4.69) is 12.2 Å². The molecule has 7 heteroatoms. The predicted molar refractivity (Wildman–Crippen MR) is 122 cm³/mol. The van der Waals surface area contributed by atoms with Crippen LogP contribution in [0.3, 0.4) is 0 Å². The highest BCUT2D eigenvalue weighted by atomic mass is 35.5. The molecule has 1 atom stereocenters. The summed E-state index contributed by atoms with van der Waals surface area (Å²) in [6.07, 6.45) is 2.13. The second-order valence-electron chi connectivity index (χ2n) is 7.81. The lowest BCUT2D eigenvalue weighted by Gasteiger charge is -2.20. The van der Waals surface area contributed by atoms with Gasteiger partial charge in [0.05, 0.1) is 12.6 Å². The molecule has 3 amide bonds. The molecule has 1 aliphatic heterocycles. The molecule has 166 valence electrons. The first-order chi connectivity index (χ1) is 15.0. The number of hydrogen-bond donors (Lipinski definition) is 1. The number of carbonyl (C=O) groups is 2. The predicted octanol–water partition coefficient (Wildman–Crippen LogP) is 4.63. The molecular weight excluding hydrogens is 414 g/mol. The highest BCUT2D eigenvalue weighted by Gasteiger charge is 2.30. The lowest BCUT2D eigenvalue weighted by atomic mass is 10.1. The van der Waals surface area contributed by atoms with Crippen LogP contribution in [0.15, 0.2) is 48.5 Å². The standard InChI is InChI=1S/C24H30ClN3O3/c1-3-4-15-31-22-11-7-20(8-12-22)18(2)26-23(29)17-28-14-13-27(24(28)30)16-19-5-9-21(25)10-6-19/h5-12,18H,3-4,13-17H2,1-2H3,(H,26,29)/t18-/m0/s1. The molecule has 0 unspecified atom stereocenters. The molecule has 0 bridgehead atoms. The molecule has 31 heavy (non-hydrogen) atoms. The van der Waals surface area contributed by atoms with Gasteiger partial charge in [-0.05, 0) is 48.7 Å². The first-order valence-corrected chi connectivity index (χ1v) is 11.1. The lowest BCUT2D eigenvalue weighted by molar-refractivity contribution is -0.122. The Bertz CT molecular complexity index is 871. The Morgan fingerprint density at radius 2 is 1.77 bits per heavy atom. The number of unbranched alkanes of at least 4 members (excludes halogenated alkanes) is 1. The summed E-state index contributed by atoms with van der Waals surface area (Å²) in [6.45, 7) is 6.48. The van der Waals surface area contributed by atoms with E-state index in [1.807, 2.05) is 55.5 Å². The van der Waals surface area contributed by atoms with Crippen LogP contribution in [-0.2, 0) is 11.3 Å². The Balaban J connectivity index is 1.46. The highest BCUT2D eigenvalue weighted by Crippen LogP contribution is 2.19. The van der Waals surface area contributed by atoms with Crippen LogP contribution < -0.4 is 10.1 Å². The minimum absolute atomic E-state index is 0.0541. The third kappa shape index (κ3) is 6.62. The maximum atomic E-state index is 12.6. The van der Waals surface area contributed by atoms with Crippen LogP contribution in [0.5, 0.6) is 5.75 Å². The summed E-state index contributed by atoms with van der Waals surface area (Å²) in [7, 11) is 0. The zero-order valence-corrected chi connectivity index (χ0v) is 18.9. The maximum absolute atomic E-state index is 12.6. The minimum Gasteiger partial charge on any atom is -0.494 e. The van der Waals surface area contributed by atoms with E-state index in [1.54, 1.807) is 9.80 Å². The third-order valence-electron chi connectivity index (χ3n) is 5.33. The Labute approximate surface area is 189 Å². The van der Waals surface area contributed by atoms with Gasteiger partial charge in [0.1, 0.15) is 12.3 Å². The number of halogens is 1. The Morgan fingerprint density at radius 3 is 2.45 bits per heavy atom. The van der Waals surface area contributed by atoms with Crippen molar-refractivity contribution in [2.75, 3.05) is 26.2 Å². The van der Waals surface area contributed by atoms with E-state index in [-0.39, 0.29) is 24.5 Å². The van der Waals surface area contributed by atoms with Gasteiger partial charge in [0.15, 0.2) is 0 Å². The van der Waals surface area contributed by atoms with E-state index in [0.717, 1.165) is 29.7 Å².